The van der Waals surface area contributed by atoms with Gasteiger partial charge in [0, 0.05) is 16.2 Å². The second-order valence-electron chi connectivity index (χ2n) is 6.18. The average molecular weight is 389 g/mol. The number of carbonyl (C=O) groups excluding carboxylic acids is 1. The van der Waals surface area contributed by atoms with Crippen LogP contribution in [0.2, 0.25) is 0 Å². The first-order valence-corrected chi connectivity index (χ1v) is 9.07. The zero-order valence-electron chi connectivity index (χ0n) is 13.7. The number of hydrogen-bond donors (Lipinski definition) is 2. The van der Waals surface area contributed by atoms with Crippen molar-refractivity contribution in [3.8, 4) is 0 Å². The molecule has 1 saturated carbocycles. The maximum Gasteiger partial charge on any atom is 0.271 e. The predicted octanol–water partition coefficient (Wildman–Crippen LogP) is 4.35. The van der Waals surface area contributed by atoms with Crippen LogP contribution in [0.5, 0.6) is 0 Å². The highest BCUT2D eigenvalue weighted by atomic mass is 79.9. The van der Waals surface area contributed by atoms with E-state index in [0.29, 0.717) is 11.5 Å². The number of rotatable bonds is 4. The van der Waals surface area contributed by atoms with Gasteiger partial charge in [-0.1, -0.05) is 35.2 Å². The Kier molecular flexibility index (Phi) is 5.45. The number of carbonyl (C=O) groups is 1. The van der Waals surface area contributed by atoms with E-state index in [9.17, 15) is 4.79 Å². The number of nitrogens with one attached hydrogen (secondary N) is 2. The molecule has 0 radical (unpaired) electrons. The van der Waals surface area contributed by atoms with Crippen LogP contribution in [0.4, 0.5) is 11.5 Å². The summed E-state index contributed by atoms with van der Waals surface area (Å²) in [6.07, 6.45) is 8.87. The summed E-state index contributed by atoms with van der Waals surface area (Å²) in [7, 11) is 0. The van der Waals surface area contributed by atoms with Crippen LogP contribution < -0.4 is 10.6 Å². The number of aromatic nitrogens is 2. The summed E-state index contributed by atoms with van der Waals surface area (Å²) in [5, 5.41) is 6.27. The molecular formula is C18H21BrN4O. The van der Waals surface area contributed by atoms with Crippen molar-refractivity contribution in [2.75, 3.05) is 5.32 Å². The summed E-state index contributed by atoms with van der Waals surface area (Å²) in [5.74, 6) is 0.482. The van der Waals surface area contributed by atoms with Crippen molar-refractivity contribution in [3.63, 3.8) is 0 Å². The monoisotopic (exact) mass is 388 g/mol. The highest BCUT2D eigenvalue weighted by molar-refractivity contribution is 9.10. The van der Waals surface area contributed by atoms with Crippen LogP contribution in [0.1, 0.15) is 48.2 Å². The third-order valence-electron chi connectivity index (χ3n) is 4.28. The lowest BCUT2D eigenvalue weighted by molar-refractivity contribution is 0.0922. The highest BCUT2D eigenvalue weighted by Crippen LogP contribution is 2.22. The number of aryl methyl sites for hydroxylation is 1. The molecule has 1 aromatic carbocycles. The van der Waals surface area contributed by atoms with Gasteiger partial charge < -0.3 is 10.6 Å². The zero-order valence-corrected chi connectivity index (χ0v) is 15.3. The lowest BCUT2D eigenvalue weighted by Gasteiger charge is -2.22. The van der Waals surface area contributed by atoms with E-state index in [4.69, 9.17) is 0 Å². The van der Waals surface area contributed by atoms with Gasteiger partial charge in [-0.25, -0.2) is 9.97 Å². The van der Waals surface area contributed by atoms with Gasteiger partial charge in [0.25, 0.3) is 5.91 Å². The Hall–Kier alpha value is -1.95. The van der Waals surface area contributed by atoms with E-state index in [1.54, 1.807) is 6.20 Å². The van der Waals surface area contributed by atoms with Crippen molar-refractivity contribution in [1.82, 2.24) is 15.3 Å². The maximum absolute atomic E-state index is 12.2. The zero-order chi connectivity index (χ0) is 16.9. The molecule has 1 fully saturated rings. The Morgan fingerprint density at radius 2 is 1.96 bits per heavy atom. The minimum absolute atomic E-state index is 0.138. The molecule has 0 unspecified atom stereocenters. The molecule has 3 rings (SSSR count). The topological polar surface area (TPSA) is 66.9 Å². The molecule has 0 bridgehead atoms. The molecule has 0 atom stereocenters. The van der Waals surface area contributed by atoms with E-state index in [-0.39, 0.29) is 11.9 Å². The van der Waals surface area contributed by atoms with Gasteiger partial charge in [-0.3, -0.25) is 4.79 Å². The standard InChI is InChI=1S/C18H21BrN4O/c1-12-9-13(19)7-8-15(12)23-17-11-20-16(10-21-17)18(24)22-14-5-3-2-4-6-14/h7-11,14H,2-6H2,1H3,(H,21,23)(H,22,24). The first-order chi connectivity index (χ1) is 11.6. The van der Waals surface area contributed by atoms with Gasteiger partial charge in [-0.15, -0.1) is 0 Å². The summed E-state index contributed by atoms with van der Waals surface area (Å²) in [6, 6.07) is 6.25. The summed E-state index contributed by atoms with van der Waals surface area (Å²) in [6.45, 7) is 2.02. The molecule has 0 saturated heterocycles. The number of amides is 1. The van der Waals surface area contributed by atoms with Crippen molar-refractivity contribution >= 4 is 33.3 Å². The number of nitrogens with zero attached hydrogens (tertiary/aromatic N) is 2. The van der Waals surface area contributed by atoms with E-state index in [1.165, 1.54) is 25.5 Å². The van der Waals surface area contributed by atoms with Gasteiger partial charge in [0.15, 0.2) is 0 Å². The Bertz CT molecular complexity index is 711. The number of anilines is 2. The normalized spacial score (nSPS) is 15.1. The van der Waals surface area contributed by atoms with Crippen LogP contribution >= 0.6 is 15.9 Å². The molecule has 5 nitrogen and oxygen atoms in total. The van der Waals surface area contributed by atoms with Crippen molar-refractivity contribution in [3.05, 3.63) is 46.3 Å². The number of halogens is 1. The molecule has 126 valence electrons. The van der Waals surface area contributed by atoms with Gasteiger partial charge in [0.05, 0.1) is 12.4 Å². The van der Waals surface area contributed by atoms with Gasteiger partial charge in [-0.2, -0.15) is 0 Å². The minimum Gasteiger partial charge on any atom is -0.348 e. The SMILES string of the molecule is Cc1cc(Br)ccc1Nc1cnc(C(=O)NC2CCCCC2)cn1. The Morgan fingerprint density at radius 1 is 1.17 bits per heavy atom. The van der Waals surface area contributed by atoms with Gasteiger partial charge in [-0.05, 0) is 43.5 Å². The second kappa shape index (κ2) is 7.75. The van der Waals surface area contributed by atoms with E-state index >= 15 is 0 Å². The second-order valence-corrected chi connectivity index (χ2v) is 7.10. The first-order valence-electron chi connectivity index (χ1n) is 8.28. The highest BCUT2D eigenvalue weighted by Gasteiger charge is 2.17. The fraction of sp³-hybridized carbons (Fsp3) is 0.389. The largest absolute Gasteiger partial charge is 0.348 e. The molecule has 1 aliphatic carbocycles. The molecular weight excluding hydrogens is 368 g/mol. The van der Waals surface area contributed by atoms with E-state index in [2.05, 4.69) is 36.5 Å². The van der Waals surface area contributed by atoms with E-state index < -0.39 is 0 Å². The van der Waals surface area contributed by atoms with Crippen LogP contribution in [0.15, 0.2) is 35.1 Å². The summed E-state index contributed by atoms with van der Waals surface area (Å²) in [5.41, 5.74) is 2.43. The van der Waals surface area contributed by atoms with Crippen LogP contribution in [0.3, 0.4) is 0 Å². The maximum atomic E-state index is 12.2. The van der Waals surface area contributed by atoms with Crippen molar-refractivity contribution < 1.29 is 4.79 Å². The summed E-state index contributed by atoms with van der Waals surface area (Å²) in [4.78, 5) is 20.8. The Labute approximate surface area is 150 Å². The van der Waals surface area contributed by atoms with Crippen LogP contribution in [0.25, 0.3) is 0 Å². The summed E-state index contributed by atoms with van der Waals surface area (Å²) < 4.78 is 1.03. The first kappa shape index (κ1) is 16.9. The molecule has 0 aliphatic heterocycles. The molecule has 1 heterocycles. The minimum atomic E-state index is -0.138. The molecule has 1 aromatic heterocycles. The molecule has 2 N–H and O–H groups in total. The molecule has 2 aromatic rings. The predicted molar refractivity (Wildman–Crippen MR) is 98.5 cm³/mol. The van der Waals surface area contributed by atoms with Crippen molar-refractivity contribution in [2.24, 2.45) is 0 Å². The number of hydrogen-bond acceptors (Lipinski definition) is 4. The van der Waals surface area contributed by atoms with Crippen molar-refractivity contribution in [2.45, 2.75) is 45.1 Å². The molecule has 24 heavy (non-hydrogen) atoms. The third-order valence-corrected chi connectivity index (χ3v) is 4.77. The van der Waals surface area contributed by atoms with Gasteiger partial charge >= 0.3 is 0 Å². The van der Waals surface area contributed by atoms with Gasteiger partial charge in [0.2, 0.25) is 0 Å². The lowest BCUT2D eigenvalue weighted by atomic mass is 9.95. The lowest BCUT2D eigenvalue weighted by Crippen LogP contribution is -2.36. The average Bonchev–Trinajstić information content (AvgIpc) is 2.59. The molecule has 6 heteroatoms. The van der Waals surface area contributed by atoms with Crippen LogP contribution in [-0.4, -0.2) is 21.9 Å². The van der Waals surface area contributed by atoms with Crippen LogP contribution in [-0.2, 0) is 0 Å². The van der Waals surface area contributed by atoms with Crippen molar-refractivity contribution in [1.29, 1.82) is 0 Å². The van der Waals surface area contributed by atoms with E-state index in [0.717, 1.165) is 28.6 Å². The van der Waals surface area contributed by atoms with E-state index in [1.807, 2.05) is 25.1 Å². The smallest absolute Gasteiger partial charge is 0.271 e. The summed E-state index contributed by atoms with van der Waals surface area (Å²) >= 11 is 3.45. The number of benzene rings is 1. The quantitative estimate of drug-likeness (QED) is 0.816. The third kappa shape index (κ3) is 4.32. The fourth-order valence-corrected chi connectivity index (χ4v) is 3.40. The molecule has 1 amide bonds. The fourth-order valence-electron chi connectivity index (χ4n) is 2.92. The Balaban J connectivity index is 1.63. The van der Waals surface area contributed by atoms with Crippen LogP contribution in [0, 0.1) is 6.92 Å². The van der Waals surface area contributed by atoms with Gasteiger partial charge in [0.1, 0.15) is 11.5 Å². The molecule has 1 aliphatic rings. The molecule has 0 spiro atoms. The Morgan fingerprint density at radius 3 is 2.62 bits per heavy atom.